The molecule has 1 atom stereocenters. The van der Waals surface area contributed by atoms with Gasteiger partial charge in [0.15, 0.2) is 0 Å². The molecular formula is C24H22FN5O4S. The third-order valence-corrected chi connectivity index (χ3v) is 6.50. The molecule has 11 heteroatoms. The summed E-state index contributed by atoms with van der Waals surface area (Å²) >= 11 is 0. The van der Waals surface area contributed by atoms with Crippen molar-refractivity contribution in [1.29, 1.82) is 0 Å². The highest BCUT2D eigenvalue weighted by Crippen LogP contribution is 2.24. The number of nitrogens with zero attached hydrogens (tertiary/aromatic N) is 3. The number of anilines is 1. The lowest BCUT2D eigenvalue weighted by atomic mass is 10.0. The van der Waals surface area contributed by atoms with Crippen molar-refractivity contribution in [3.8, 4) is 11.4 Å². The lowest BCUT2D eigenvalue weighted by Gasteiger charge is -2.18. The van der Waals surface area contributed by atoms with E-state index in [1.54, 1.807) is 24.5 Å². The zero-order valence-electron chi connectivity index (χ0n) is 18.8. The topological polar surface area (TPSA) is 127 Å². The van der Waals surface area contributed by atoms with Crippen molar-refractivity contribution in [1.82, 2.24) is 20.4 Å². The van der Waals surface area contributed by atoms with Gasteiger partial charge in [0.1, 0.15) is 11.9 Å². The van der Waals surface area contributed by atoms with E-state index < -0.39 is 27.8 Å². The van der Waals surface area contributed by atoms with E-state index in [4.69, 9.17) is 4.52 Å². The Morgan fingerprint density at radius 2 is 1.74 bits per heavy atom. The minimum atomic E-state index is -3.91. The van der Waals surface area contributed by atoms with Gasteiger partial charge < -0.3 is 9.84 Å². The maximum absolute atomic E-state index is 13.1. The van der Waals surface area contributed by atoms with Crippen LogP contribution in [0.15, 0.2) is 82.5 Å². The largest absolute Gasteiger partial charge is 0.340 e. The van der Waals surface area contributed by atoms with Crippen molar-refractivity contribution < 1.29 is 22.1 Å². The number of hydrogen-bond donors (Lipinski definition) is 2. The summed E-state index contributed by atoms with van der Waals surface area (Å²) in [5.41, 5.74) is 1.16. The Labute approximate surface area is 201 Å². The second kappa shape index (κ2) is 10.0. The number of aromatic nitrogens is 3. The summed E-state index contributed by atoms with van der Waals surface area (Å²) in [6.45, 7) is 3.80. The number of carbonyl (C=O) groups is 1. The molecule has 180 valence electrons. The van der Waals surface area contributed by atoms with E-state index >= 15 is 0 Å². The molecule has 4 rings (SSSR count). The summed E-state index contributed by atoms with van der Waals surface area (Å²) in [6.07, 6.45) is 3.25. The van der Waals surface area contributed by atoms with Gasteiger partial charge in [-0.15, -0.1) is 0 Å². The predicted molar refractivity (Wildman–Crippen MR) is 126 cm³/mol. The van der Waals surface area contributed by atoms with Crippen molar-refractivity contribution in [3.63, 3.8) is 0 Å². The van der Waals surface area contributed by atoms with Crippen LogP contribution in [0.4, 0.5) is 10.1 Å². The first kappa shape index (κ1) is 24.0. The summed E-state index contributed by atoms with van der Waals surface area (Å²) in [4.78, 5) is 21.3. The Bertz CT molecular complexity index is 1410. The maximum Gasteiger partial charge on any atom is 0.261 e. The van der Waals surface area contributed by atoms with Gasteiger partial charge in [-0.25, -0.2) is 12.8 Å². The molecular weight excluding hydrogens is 473 g/mol. The van der Waals surface area contributed by atoms with Gasteiger partial charge in [0.25, 0.3) is 15.9 Å². The monoisotopic (exact) mass is 495 g/mol. The van der Waals surface area contributed by atoms with Crippen molar-refractivity contribution in [2.45, 2.75) is 24.8 Å². The molecule has 0 fully saturated rings. The summed E-state index contributed by atoms with van der Waals surface area (Å²) in [5.74, 6) is -0.371. The fourth-order valence-electron chi connectivity index (χ4n) is 3.23. The number of pyridine rings is 1. The second-order valence-electron chi connectivity index (χ2n) is 8.03. The molecule has 0 aliphatic rings. The number of halogens is 1. The minimum Gasteiger partial charge on any atom is -0.340 e. The van der Waals surface area contributed by atoms with E-state index in [1.165, 1.54) is 36.4 Å². The first-order valence-corrected chi connectivity index (χ1v) is 12.1. The van der Waals surface area contributed by atoms with Crippen LogP contribution in [0.5, 0.6) is 0 Å². The summed E-state index contributed by atoms with van der Waals surface area (Å²) in [5, 5.41) is 6.84. The predicted octanol–water partition coefficient (Wildman–Crippen LogP) is 4.20. The third kappa shape index (κ3) is 5.69. The third-order valence-electron chi connectivity index (χ3n) is 5.10. The lowest BCUT2D eigenvalue weighted by molar-refractivity contribution is 0.0914. The molecule has 9 nitrogen and oxygen atoms in total. The minimum absolute atomic E-state index is 0.0446. The van der Waals surface area contributed by atoms with Crippen LogP contribution in [0.2, 0.25) is 0 Å². The second-order valence-corrected chi connectivity index (χ2v) is 9.71. The number of rotatable bonds is 8. The van der Waals surface area contributed by atoms with Crippen LogP contribution in [0.3, 0.4) is 0 Å². The van der Waals surface area contributed by atoms with Gasteiger partial charge in [0.05, 0.1) is 4.90 Å². The van der Waals surface area contributed by atoms with Gasteiger partial charge in [-0.3, -0.25) is 14.5 Å². The van der Waals surface area contributed by atoms with Crippen LogP contribution in [0.25, 0.3) is 11.4 Å². The number of amides is 1. The molecule has 0 spiro atoms. The van der Waals surface area contributed by atoms with Crippen molar-refractivity contribution >= 4 is 21.6 Å². The summed E-state index contributed by atoms with van der Waals surface area (Å²) in [7, 11) is -3.91. The van der Waals surface area contributed by atoms with Crippen LogP contribution in [-0.4, -0.2) is 29.4 Å². The fourth-order valence-corrected chi connectivity index (χ4v) is 4.29. The molecule has 1 unspecified atom stereocenters. The van der Waals surface area contributed by atoms with Gasteiger partial charge in [0, 0.05) is 29.2 Å². The zero-order chi connectivity index (χ0) is 25.0. The standard InChI is InChI=1S/C24H22FN5O4S/c1-15(2)21(24-28-22(29-34-24)17-4-3-13-26-14-17)27-23(31)16-5-11-20(12-6-16)35(32,33)30-19-9-7-18(25)8-10-19/h3-15,21,30H,1-2H3,(H,27,31). The van der Waals surface area contributed by atoms with E-state index in [-0.39, 0.29) is 28.0 Å². The SMILES string of the molecule is CC(C)C(NC(=O)c1ccc(S(=O)(=O)Nc2ccc(F)cc2)cc1)c1nc(-c2cccnc2)no1. The molecule has 0 saturated heterocycles. The fraction of sp³-hybridized carbons (Fsp3) is 0.167. The van der Waals surface area contributed by atoms with Crippen molar-refractivity contribution in [2.24, 2.45) is 5.92 Å². The van der Waals surface area contributed by atoms with E-state index in [9.17, 15) is 17.6 Å². The number of carbonyl (C=O) groups excluding carboxylic acids is 1. The molecule has 2 aromatic carbocycles. The van der Waals surface area contributed by atoms with Gasteiger partial charge in [0.2, 0.25) is 11.7 Å². The van der Waals surface area contributed by atoms with Gasteiger partial charge in [-0.1, -0.05) is 19.0 Å². The highest BCUT2D eigenvalue weighted by atomic mass is 32.2. The van der Waals surface area contributed by atoms with Crippen LogP contribution in [-0.2, 0) is 10.0 Å². The van der Waals surface area contributed by atoms with Gasteiger partial charge in [-0.2, -0.15) is 4.98 Å². The van der Waals surface area contributed by atoms with Crippen molar-refractivity contribution in [2.75, 3.05) is 4.72 Å². The van der Waals surface area contributed by atoms with E-state index in [1.807, 2.05) is 13.8 Å². The molecule has 2 heterocycles. The molecule has 1 amide bonds. The number of hydrogen-bond acceptors (Lipinski definition) is 7. The zero-order valence-corrected chi connectivity index (χ0v) is 19.7. The quantitative estimate of drug-likeness (QED) is 0.375. The molecule has 35 heavy (non-hydrogen) atoms. The molecule has 0 radical (unpaired) electrons. The molecule has 2 aromatic heterocycles. The molecule has 0 bridgehead atoms. The van der Waals surface area contributed by atoms with Gasteiger partial charge in [-0.05, 0) is 66.6 Å². The van der Waals surface area contributed by atoms with E-state index in [2.05, 4.69) is 25.2 Å². The Morgan fingerprint density at radius 3 is 2.37 bits per heavy atom. The Balaban J connectivity index is 1.47. The number of benzene rings is 2. The Kier molecular flexibility index (Phi) is 6.87. The number of sulfonamides is 1. The Morgan fingerprint density at radius 1 is 1.03 bits per heavy atom. The average Bonchev–Trinajstić information content (AvgIpc) is 3.34. The molecule has 0 aliphatic heterocycles. The summed E-state index contributed by atoms with van der Waals surface area (Å²) < 4.78 is 46.0. The average molecular weight is 496 g/mol. The van der Waals surface area contributed by atoms with Crippen LogP contribution < -0.4 is 10.0 Å². The van der Waals surface area contributed by atoms with Crippen LogP contribution in [0, 0.1) is 11.7 Å². The van der Waals surface area contributed by atoms with Crippen LogP contribution in [0.1, 0.15) is 36.1 Å². The molecule has 0 saturated carbocycles. The molecule has 0 aliphatic carbocycles. The van der Waals surface area contributed by atoms with E-state index in [0.29, 0.717) is 11.4 Å². The van der Waals surface area contributed by atoms with Crippen LogP contribution >= 0.6 is 0 Å². The maximum atomic E-state index is 13.1. The van der Waals surface area contributed by atoms with E-state index in [0.717, 1.165) is 12.1 Å². The highest BCUT2D eigenvalue weighted by Gasteiger charge is 2.26. The summed E-state index contributed by atoms with van der Waals surface area (Å²) in [6, 6.07) is 13.4. The normalized spacial score (nSPS) is 12.3. The lowest BCUT2D eigenvalue weighted by Crippen LogP contribution is -2.32. The molecule has 2 N–H and O–H groups in total. The first-order chi connectivity index (χ1) is 16.7. The van der Waals surface area contributed by atoms with Crippen molar-refractivity contribution in [3.05, 3.63) is 90.3 Å². The highest BCUT2D eigenvalue weighted by molar-refractivity contribution is 7.92. The van der Waals surface area contributed by atoms with Gasteiger partial charge >= 0.3 is 0 Å². The first-order valence-electron chi connectivity index (χ1n) is 10.7. The smallest absolute Gasteiger partial charge is 0.261 e. The Hall–Kier alpha value is -4.12. The number of nitrogens with one attached hydrogen (secondary N) is 2. The molecule has 4 aromatic rings.